The van der Waals surface area contributed by atoms with Crippen molar-refractivity contribution in [3.63, 3.8) is 0 Å². The summed E-state index contributed by atoms with van der Waals surface area (Å²) < 4.78 is 34.1. The molecule has 0 aliphatic carbocycles. The third-order valence-electron chi connectivity index (χ3n) is 3.06. The number of esters is 1. The lowest BCUT2D eigenvalue weighted by molar-refractivity contribution is -0.143. The SMILES string of the molecule is O=C(CNC(=O)c1ccccc1I)OCc1ccc(OC(F)F)cc1. The first kappa shape index (κ1) is 19.1. The van der Waals surface area contributed by atoms with Gasteiger partial charge >= 0.3 is 12.6 Å². The highest BCUT2D eigenvalue weighted by molar-refractivity contribution is 14.1. The number of rotatable bonds is 7. The fourth-order valence-corrected chi connectivity index (χ4v) is 2.51. The molecule has 5 nitrogen and oxygen atoms in total. The maximum absolute atomic E-state index is 12.0. The number of alkyl halides is 2. The van der Waals surface area contributed by atoms with E-state index in [2.05, 4.69) is 10.1 Å². The standard InChI is InChI=1S/C17H14F2INO4/c18-17(19)25-12-7-5-11(6-8-12)10-24-15(22)9-21-16(23)13-3-1-2-4-14(13)20/h1-8,17H,9-10H2,(H,21,23). The summed E-state index contributed by atoms with van der Waals surface area (Å²) in [5, 5.41) is 2.48. The van der Waals surface area contributed by atoms with Crippen LogP contribution in [0.15, 0.2) is 48.5 Å². The molecule has 0 saturated carbocycles. The molecule has 132 valence electrons. The first-order chi connectivity index (χ1) is 12.0. The van der Waals surface area contributed by atoms with Crippen molar-refractivity contribution >= 4 is 34.5 Å². The van der Waals surface area contributed by atoms with Gasteiger partial charge in [-0.25, -0.2) is 0 Å². The predicted molar refractivity (Wildman–Crippen MR) is 94.4 cm³/mol. The van der Waals surface area contributed by atoms with Crippen LogP contribution >= 0.6 is 22.6 Å². The Kier molecular flexibility index (Phi) is 7.11. The Balaban J connectivity index is 1.77. The molecule has 2 aromatic rings. The van der Waals surface area contributed by atoms with E-state index in [9.17, 15) is 18.4 Å². The van der Waals surface area contributed by atoms with E-state index in [0.717, 1.165) is 3.57 Å². The van der Waals surface area contributed by atoms with Crippen molar-refractivity contribution in [2.45, 2.75) is 13.2 Å². The second-order valence-electron chi connectivity index (χ2n) is 4.85. The minimum atomic E-state index is -2.89. The summed E-state index contributed by atoms with van der Waals surface area (Å²) in [6.45, 7) is -3.19. The molecule has 0 bridgehead atoms. The molecule has 25 heavy (non-hydrogen) atoms. The normalized spacial score (nSPS) is 10.4. The molecule has 0 aliphatic heterocycles. The topological polar surface area (TPSA) is 64.6 Å². The molecule has 8 heteroatoms. The molecule has 0 aromatic heterocycles. The van der Waals surface area contributed by atoms with Crippen LogP contribution in [0.3, 0.4) is 0 Å². The van der Waals surface area contributed by atoms with E-state index in [0.29, 0.717) is 11.1 Å². The highest BCUT2D eigenvalue weighted by atomic mass is 127. The summed E-state index contributed by atoms with van der Waals surface area (Å²) in [6.07, 6.45) is 0. The van der Waals surface area contributed by atoms with Crippen molar-refractivity contribution in [3.8, 4) is 5.75 Å². The van der Waals surface area contributed by atoms with Gasteiger partial charge in [0.15, 0.2) is 0 Å². The molecule has 0 unspecified atom stereocenters. The van der Waals surface area contributed by atoms with Crippen LogP contribution in [0.25, 0.3) is 0 Å². The van der Waals surface area contributed by atoms with Crippen molar-refractivity contribution in [2.75, 3.05) is 6.54 Å². The zero-order chi connectivity index (χ0) is 18.2. The Bertz CT molecular complexity index is 738. The lowest BCUT2D eigenvalue weighted by atomic mass is 10.2. The summed E-state index contributed by atoms with van der Waals surface area (Å²) >= 11 is 2.03. The highest BCUT2D eigenvalue weighted by Crippen LogP contribution is 2.15. The van der Waals surface area contributed by atoms with Crippen LogP contribution in [0.5, 0.6) is 5.75 Å². The molecule has 0 heterocycles. The van der Waals surface area contributed by atoms with Crippen LogP contribution in [0.1, 0.15) is 15.9 Å². The van der Waals surface area contributed by atoms with Gasteiger partial charge in [-0.3, -0.25) is 9.59 Å². The number of halogens is 3. The van der Waals surface area contributed by atoms with Gasteiger partial charge in [0.25, 0.3) is 5.91 Å². The summed E-state index contributed by atoms with van der Waals surface area (Å²) in [5.74, 6) is -0.947. The monoisotopic (exact) mass is 461 g/mol. The third kappa shape index (κ3) is 6.29. The molecule has 0 aliphatic rings. The van der Waals surface area contributed by atoms with Gasteiger partial charge in [-0.1, -0.05) is 24.3 Å². The van der Waals surface area contributed by atoms with Gasteiger partial charge in [0.05, 0.1) is 5.56 Å². The van der Waals surface area contributed by atoms with Gasteiger partial charge in [0.1, 0.15) is 18.9 Å². The lowest BCUT2D eigenvalue weighted by Gasteiger charge is -2.08. The number of ether oxygens (including phenoxy) is 2. The summed E-state index contributed by atoms with van der Waals surface area (Å²) in [6, 6.07) is 12.7. The van der Waals surface area contributed by atoms with Crippen LogP contribution in [-0.2, 0) is 16.1 Å². The second kappa shape index (κ2) is 9.30. The van der Waals surface area contributed by atoms with Crippen LogP contribution in [0.2, 0.25) is 0 Å². The van der Waals surface area contributed by atoms with Crippen LogP contribution in [-0.4, -0.2) is 25.0 Å². The van der Waals surface area contributed by atoms with Crippen molar-refractivity contribution in [2.24, 2.45) is 0 Å². The minimum Gasteiger partial charge on any atom is -0.460 e. The Morgan fingerprint density at radius 3 is 2.40 bits per heavy atom. The van der Waals surface area contributed by atoms with Gasteiger partial charge in [0.2, 0.25) is 0 Å². The van der Waals surface area contributed by atoms with Crippen LogP contribution in [0, 0.1) is 3.57 Å². The summed E-state index contributed by atoms with van der Waals surface area (Å²) in [5.41, 5.74) is 1.09. The van der Waals surface area contributed by atoms with E-state index in [4.69, 9.17) is 4.74 Å². The van der Waals surface area contributed by atoms with E-state index in [1.807, 2.05) is 28.7 Å². The number of carbonyl (C=O) groups is 2. The van der Waals surface area contributed by atoms with Gasteiger partial charge < -0.3 is 14.8 Å². The van der Waals surface area contributed by atoms with Gasteiger partial charge in [0, 0.05) is 3.57 Å². The Morgan fingerprint density at radius 1 is 1.08 bits per heavy atom. The molecule has 0 atom stereocenters. The number of nitrogens with one attached hydrogen (secondary N) is 1. The number of hydrogen-bond donors (Lipinski definition) is 1. The number of carbonyl (C=O) groups excluding carboxylic acids is 2. The molecule has 1 amide bonds. The smallest absolute Gasteiger partial charge is 0.387 e. The molecule has 2 aromatic carbocycles. The molecule has 0 saturated heterocycles. The maximum Gasteiger partial charge on any atom is 0.387 e. The number of benzene rings is 2. The average Bonchev–Trinajstić information content (AvgIpc) is 2.59. The fourth-order valence-electron chi connectivity index (χ4n) is 1.87. The third-order valence-corrected chi connectivity index (χ3v) is 4.00. The summed E-state index contributed by atoms with van der Waals surface area (Å²) in [7, 11) is 0. The largest absolute Gasteiger partial charge is 0.460 e. The zero-order valence-electron chi connectivity index (χ0n) is 12.9. The van der Waals surface area contributed by atoms with E-state index < -0.39 is 12.6 Å². The highest BCUT2D eigenvalue weighted by Gasteiger charge is 2.11. The fraction of sp³-hybridized carbons (Fsp3) is 0.176. The first-order valence-corrected chi connectivity index (χ1v) is 8.25. The minimum absolute atomic E-state index is 0.0230. The second-order valence-corrected chi connectivity index (χ2v) is 6.01. The van der Waals surface area contributed by atoms with Gasteiger partial charge in [-0.2, -0.15) is 8.78 Å². The molecule has 1 N–H and O–H groups in total. The number of amides is 1. The molecule has 0 radical (unpaired) electrons. The van der Waals surface area contributed by atoms with E-state index >= 15 is 0 Å². The van der Waals surface area contributed by atoms with Crippen LogP contribution in [0.4, 0.5) is 8.78 Å². The van der Waals surface area contributed by atoms with Crippen molar-refractivity contribution in [1.29, 1.82) is 0 Å². The van der Waals surface area contributed by atoms with Gasteiger partial charge in [-0.15, -0.1) is 0 Å². The Labute approximate surface area is 156 Å². The lowest BCUT2D eigenvalue weighted by Crippen LogP contribution is -2.31. The molecular formula is C17H14F2INO4. The van der Waals surface area contributed by atoms with Crippen LogP contribution < -0.4 is 10.1 Å². The number of hydrogen-bond acceptors (Lipinski definition) is 4. The van der Waals surface area contributed by atoms with Crippen molar-refractivity contribution in [1.82, 2.24) is 5.32 Å². The molecule has 0 fully saturated rings. The Morgan fingerprint density at radius 2 is 1.76 bits per heavy atom. The molecular weight excluding hydrogens is 447 g/mol. The van der Waals surface area contributed by atoms with E-state index in [1.54, 1.807) is 18.2 Å². The molecule has 0 spiro atoms. The quantitative estimate of drug-likeness (QED) is 0.508. The predicted octanol–water partition coefficient (Wildman–Crippen LogP) is 3.37. The Hall–Kier alpha value is -2.23. The maximum atomic E-state index is 12.0. The van der Waals surface area contributed by atoms with Crippen molar-refractivity contribution < 1.29 is 27.8 Å². The average molecular weight is 461 g/mol. The summed E-state index contributed by atoms with van der Waals surface area (Å²) in [4.78, 5) is 23.7. The zero-order valence-corrected chi connectivity index (χ0v) is 15.0. The first-order valence-electron chi connectivity index (χ1n) is 7.18. The van der Waals surface area contributed by atoms with Crippen molar-refractivity contribution in [3.05, 3.63) is 63.2 Å². The van der Waals surface area contributed by atoms with E-state index in [-0.39, 0.29) is 24.8 Å². The van der Waals surface area contributed by atoms with E-state index in [1.165, 1.54) is 24.3 Å². The molecule has 2 rings (SSSR count). The van der Waals surface area contributed by atoms with Gasteiger partial charge in [-0.05, 0) is 52.4 Å².